The molecule has 2 aliphatic carbocycles. The Morgan fingerprint density at radius 3 is 2.57 bits per heavy atom. The molecule has 3 fully saturated rings. The van der Waals surface area contributed by atoms with Gasteiger partial charge < -0.3 is 11.1 Å². The van der Waals surface area contributed by atoms with Crippen molar-refractivity contribution in [2.45, 2.75) is 50.6 Å². The van der Waals surface area contributed by atoms with Gasteiger partial charge in [0, 0.05) is 12.1 Å². The Bertz CT molecular complexity index is 210. The van der Waals surface area contributed by atoms with Gasteiger partial charge in [0.25, 0.3) is 0 Å². The fourth-order valence-electron chi connectivity index (χ4n) is 4.15. The van der Waals surface area contributed by atoms with Gasteiger partial charge in [-0.3, -0.25) is 0 Å². The zero-order chi connectivity index (χ0) is 9.54. The van der Waals surface area contributed by atoms with Crippen LogP contribution in [0, 0.1) is 17.8 Å². The number of hydrogen-bond acceptors (Lipinski definition) is 2. The van der Waals surface area contributed by atoms with E-state index in [1.54, 1.807) is 0 Å². The van der Waals surface area contributed by atoms with E-state index in [9.17, 15) is 0 Å². The molecule has 1 aliphatic heterocycles. The number of nitrogens with one attached hydrogen (secondary N) is 1. The highest BCUT2D eigenvalue weighted by atomic mass is 15.0. The van der Waals surface area contributed by atoms with Gasteiger partial charge >= 0.3 is 0 Å². The number of nitrogens with two attached hydrogens (primary N) is 1. The summed E-state index contributed by atoms with van der Waals surface area (Å²) in [5, 5.41) is 3.77. The van der Waals surface area contributed by atoms with Crippen LogP contribution in [0.15, 0.2) is 0 Å². The minimum atomic E-state index is 0.510. The molecule has 4 atom stereocenters. The van der Waals surface area contributed by atoms with Crippen LogP contribution in [0.2, 0.25) is 0 Å². The number of fused-ring (bicyclic) bond motifs is 1. The monoisotopic (exact) mass is 194 g/mol. The normalized spacial score (nSPS) is 48.6. The summed E-state index contributed by atoms with van der Waals surface area (Å²) in [6.45, 7) is 1.25. The maximum atomic E-state index is 6.06. The van der Waals surface area contributed by atoms with E-state index >= 15 is 0 Å². The Kier molecular flexibility index (Phi) is 2.29. The van der Waals surface area contributed by atoms with Gasteiger partial charge in [0.2, 0.25) is 0 Å². The van der Waals surface area contributed by atoms with E-state index in [2.05, 4.69) is 5.32 Å². The Hall–Kier alpha value is -0.0800. The standard InChI is InChI=1S/C12H22N2/c13-10-5-9-7-14-12(11(9)6-10)8-3-1-2-4-8/h8-12,14H,1-7,13H2. The molecule has 0 aromatic carbocycles. The third kappa shape index (κ3) is 1.40. The minimum absolute atomic E-state index is 0.510. The maximum Gasteiger partial charge on any atom is 0.0127 e. The molecule has 2 nitrogen and oxygen atoms in total. The third-order valence-corrected chi connectivity index (χ3v) is 4.77. The first-order chi connectivity index (χ1) is 6.84. The van der Waals surface area contributed by atoms with Crippen molar-refractivity contribution in [2.75, 3.05) is 6.54 Å². The van der Waals surface area contributed by atoms with E-state index in [0.717, 1.165) is 23.8 Å². The second-order valence-electron chi connectivity index (χ2n) is 5.63. The molecule has 0 bridgehead atoms. The average molecular weight is 194 g/mol. The molecular formula is C12H22N2. The summed E-state index contributed by atoms with van der Waals surface area (Å²) in [6.07, 6.45) is 8.44. The van der Waals surface area contributed by atoms with Crippen molar-refractivity contribution in [2.24, 2.45) is 23.5 Å². The molecule has 3 N–H and O–H groups in total. The molecule has 14 heavy (non-hydrogen) atoms. The molecule has 1 saturated heterocycles. The molecule has 3 aliphatic rings. The van der Waals surface area contributed by atoms with Crippen molar-refractivity contribution in [1.29, 1.82) is 0 Å². The van der Waals surface area contributed by atoms with Gasteiger partial charge in [0.1, 0.15) is 0 Å². The Morgan fingerprint density at radius 2 is 1.79 bits per heavy atom. The van der Waals surface area contributed by atoms with E-state index < -0.39 is 0 Å². The smallest absolute Gasteiger partial charge is 0.0127 e. The summed E-state index contributed by atoms with van der Waals surface area (Å²) in [5.41, 5.74) is 6.06. The topological polar surface area (TPSA) is 38.0 Å². The van der Waals surface area contributed by atoms with Gasteiger partial charge in [0.05, 0.1) is 0 Å². The highest BCUT2D eigenvalue weighted by Crippen LogP contribution is 2.43. The lowest BCUT2D eigenvalue weighted by Gasteiger charge is -2.24. The van der Waals surface area contributed by atoms with Crippen molar-refractivity contribution in [3.63, 3.8) is 0 Å². The van der Waals surface area contributed by atoms with Crippen molar-refractivity contribution < 1.29 is 0 Å². The fourth-order valence-corrected chi connectivity index (χ4v) is 4.15. The summed E-state index contributed by atoms with van der Waals surface area (Å²) in [7, 11) is 0. The van der Waals surface area contributed by atoms with Crippen LogP contribution in [0.5, 0.6) is 0 Å². The highest BCUT2D eigenvalue weighted by Gasteiger charge is 2.45. The molecule has 0 radical (unpaired) electrons. The van der Waals surface area contributed by atoms with Gasteiger partial charge in [-0.15, -0.1) is 0 Å². The van der Waals surface area contributed by atoms with Crippen molar-refractivity contribution >= 4 is 0 Å². The van der Waals surface area contributed by atoms with E-state index in [1.165, 1.54) is 45.1 Å². The lowest BCUT2D eigenvalue weighted by atomic mass is 9.85. The van der Waals surface area contributed by atoms with Crippen molar-refractivity contribution in [1.82, 2.24) is 5.32 Å². The van der Waals surface area contributed by atoms with Crippen LogP contribution in [0.4, 0.5) is 0 Å². The molecule has 0 amide bonds. The second-order valence-corrected chi connectivity index (χ2v) is 5.63. The largest absolute Gasteiger partial charge is 0.328 e. The lowest BCUT2D eigenvalue weighted by molar-refractivity contribution is 0.304. The Balaban J connectivity index is 1.69. The summed E-state index contributed by atoms with van der Waals surface area (Å²) in [6, 6.07) is 1.34. The SMILES string of the molecule is NC1CC2CNC(C3CCCC3)C2C1. The molecular weight excluding hydrogens is 172 g/mol. The van der Waals surface area contributed by atoms with Crippen LogP contribution in [0.1, 0.15) is 38.5 Å². The summed E-state index contributed by atoms with van der Waals surface area (Å²) in [4.78, 5) is 0. The fraction of sp³-hybridized carbons (Fsp3) is 1.00. The highest BCUT2D eigenvalue weighted by molar-refractivity contribution is 5.01. The number of hydrogen-bond donors (Lipinski definition) is 2. The summed E-state index contributed by atoms with van der Waals surface area (Å²) < 4.78 is 0. The molecule has 0 aromatic heterocycles. The average Bonchev–Trinajstić information content (AvgIpc) is 2.77. The molecule has 2 saturated carbocycles. The van der Waals surface area contributed by atoms with Crippen LogP contribution in [-0.2, 0) is 0 Å². The Labute approximate surface area is 86.6 Å². The zero-order valence-corrected chi connectivity index (χ0v) is 8.91. The molecule has 0 spiro atoms. The first kappa shape index (κ1) is 9.17. The van der Waals surface area contributed by atoms with Gasteiger partial charge in [0.15, 0.2) is 0 Å². The first-order valence-corrected chi connectivity index (χ1v) is 6.33. The van der Waals surface area contributed by atoms with Crippen LogP contribution in [0.25, 0.3) is 0 Å². The molecule has 1 heterocycles. The van der Waals surface area contributed by atoms with Gasteiger partial charge in [-0.2, -0.15) is 0 Å². The van der Waals surface area contributed by atoms with Crippen molar-refractivity contribution in [3.8, 4) is 0 Å². The molecule has 2 heteroatoms. The lowest BCUT2D eigenvalue weighted by Crippen LogP contribution is -2.35. The minimum Gasteiger partial charge on any atom is -0.328 e. The van der Waals surface area contributed by atoms with E-state index in [4.69, 9.17) is 5.73 Å². The molecule has 0 aromatic rings. The van der Waals surface area contributed by atoms with Gasteiger partial charge in [-0.1, -0.05) is 12.8 Å². The summed E-state index contributed by atoms with van der Waals surface area (Å²) in [5.74, 6) is 2.82. The predicted octanol–water partition coefficient (Wildman–Crippen LogP) is 1.50. The van der Waals surface area contributed by atoms with Crippen LogP contribution < -0.4 is 11.1 Å². The third-order valence-electron chi connectivity index (χ3n) is 4.77. The predicted molar refractivity (Wildman–Crippen MR) is 57.9 cm³/mol. The molecule has 3 rings (SSSR count). The summed E-state index contributed by atoms with van der Waals surface area (Å²) >= 11 is 0. The van der Waals surface area contributed by atoms with Gasteiger partial charge in [-0.25, -0.2) is 0 Å². The van der Waals surface area contributed by atoms with Crippen LogP contribution >= 0.6 is 0 Å². The van der Waals surface area contributed by atoms with Crippen LogP contribution in [0.3, 0.4) is 0 Å². The van der Waals surface area contributed by atoms with Gasteiger partial charge in [-0.05, 0) is 50.0 Å². The van der Waals surface area contributed by atoms with E-state index in [-0.39, 0.29) is 0 Å². The number of rotatable bonds is 1. The van der Waals surface area contributed by atoms with E-state index in [0.29, 0.717) is 6.04 Å². The van der Waals surface area contributed by atoms with Crippen LogP contribution in [-0.4, -0.2) is 18.6 Å². The first-order valence-electron chi connectivity index (χ1n) is 6.33. The molecule has 80 valence electrons. The van der Waals surface area contributed by atoms with Crippen molar-refractivity contribution in [3.05, 3.63) is 0 Å². The maximum absolute atomic E-state index is 6.06. The van der Waals surface area contributed by atoms with E-state index in [1.807, 2.05) is 0 Å². The molecule has 4 unspecified atom stereocenters. The zero-order valence-electron chi connectivity index (χ0n) is 8.91. The Morgan fingerprint density at radius 1 is 1.00 bits per heavy atom. The quantitative estimate of drug-likeness (QED) is 0.664. The second kappa shape index (κ2) is 3.49.